The summed E-state index contributed by atoms with van der Waals surface area (Å²) in [7, 11) is 0. The van der Waals surface area contributed by atoms with Crippen molar-refractivity contribution in [1.29, 1.82) is 0 Å². The largest absolute Gasteiger partial charge is 0.393 e. The standard InChI is InChI=1S/C16H24N2O2/c1-3-17-15-10-11(2)4-9-14(15)16(20)18-12-5-7-13(19)8-6-12/h4,9-10,12-13,17,19H,3,5-8H2,1-2H3,(H,18,20). The van der Waals surface area contributed by atoms with Crippen molar-refractivity contribution in [1.82, 2.24) is 5.32 Å². The van der Waals surface area contributed by atoms with E-state index in [1.807, 2.05) is 32.0 Å². The molecular formula is C16H24N2O2. The number of nitrogens with one attached hydrogen (secondary N) is 2. The Labute approximate surface area is 120 Å². The summed E-state index contributed by atoms with van der Waals surface area (Å²) in [6, 6.07) is 6.02. The summed E-state index contributed by atoms with van der Waals surface area (Å²) in [6.07, 6.45) is 3.07. The summed E-state index contributed by atoms with van der Waals surface area (Å²) in [5, 5.41) is 15.8. The van der Waals surface area contributed by atoms with E-state index in [9.17, 15) is 9.90 Å². The SMILES string of the molecule is CCNc1cc(C)ccc1C(=O)NC1CCC(O)CC1. The second-order valence-corrected chi connectivity index (χ2v) is 5.56. The Balaban J connectivity index is 2.05. The van der Waals surface area contributed by atoms with E-state index < -0.39 is 0 Å². The number of benzene rings is 1. The third-order valence-electron chi connectivity index (χ3n) is 3.82. The van der Waals surface area contributed by atoms with E-state index in [0.717, 1.165) is 43.5 Å². The highest BCUT2D eigenvalue weighted by molar-refractivity contribution is 5.99. The maximum Gasteiger partial charge on any atom is 0.253 e. The zero-order chi connectivity index (χ0) is 14.5. The molecule has 1 amide bonds. The number of rotatable bonds is 4. The molecule has 20 heavy (non-hydrogen) atoms. The van der Waals surface area contributed by atoms with Crippen molar-refractivity contribution in [3.05, 3.63) is 29.3 Å². The van der Waals surface area contributed by atoms with E-state index >= 15 is 0 Å². The lowest BCUT2D eigenvalue weighted by molar-refractivity contribution is 0.0868. The van der Waals surface area contributed by atoms with Crippen LogP contribution in [0, 0.1) is 6.92 Å². The second-order valence-electron chi connectivity index (χ2n) is 5.56. The molecule has 0 atom stereocenters. The van der Waals surface area contributed by atoms with Crippen LogP contribution >= 0.6 is 0 Å². The first-order chi connectivity index (χ1) is 9.60. The van der Waals surface area contributed by atoms with Crippen molar-refractivity contribution < 1.29 is 9.90 Å². The number of carbonyl (C=O) groups excluding carboxylic acids is 1. The summed E-state index contributed by atoms with van der Waals surface area (Å²) in [4.78, 5) is 12.4. The summed E-state index contributed by atoms with van der Waals surface area (Å²) >= 11 is 0. The molecule has 1 aromatic rings. The van der Waals surface area contributed by atoms with Crippen LogP contribution in [-0.2, 0) is 0 Å². The molecular weight excluding hydrogens is 252 g/mol. The van der Waals surface area contributed by atoms with Crippen LogP contribution < -0.4 is 10.6 Å². The number of amides is 1. The number of carbonyl (C=O) groups is 1. The minimum Gasteiger partial charge on any atom is -0.393 e. The van der Waals surface area contributed by atoms with Crippen LogP contribution in [0.4, 0.5) is 5.69 Å². The predicted octanol–water partition coefficient (Wildman–Crippen LogP) is 2.46. The van der Waals surface area contributed by atoms with Gasteiger partial charge in [-0.1, -0.05) is 6.07 Å². The van der Waals surface area contributed by atoms with Crippen molar-refractivity contribution in [2.45, 2.75) is 51.7 Å². The number of hydrogen-bond acceptors (Lipinski definition) is 3. The number of hydrogen-bond donors (Lipinski definition) is 3. The molecule has 4 heteroatoms. The molecule has 110 valence electrons. The smallest absolute Gasteiger partial charge is 0.253 e. The van der Waals surface area contributed by atoms with Crippen molar-refractivity contribution in [2.24, 2.45) is 0 Å². The quantitative estimate of drug-likeness (QED) is 0.791. The van der Waals surface area contributed by atoms with Gasteiger partial charge >= 0.3 is 0 Å². The number of anilines is 1. The van der Waals surface area contributed by atoms with Crippen LogP contribution in [0.5, 0.6) is 0 Å². The van der Waals surface area contributed by atoms with Gasteiger partial charge in [-0.2, -0.15) is 0 Å². The van der Waals surface area contributed by atoms with Gasteiger partial charge in [0.25, 0.3) is 5.91 Å². The van der Waals surface area contributed by atoms with Gasteiger partial charge in [0.05, 0.1) is 11.7 Å². The molecule has 0 radical (unpaired) electrons. The third kappa shape index (κ3) is 3.73. The van der Waals surface area contributed by atoms with Gasteiger partial charge in [-0.3, -0.25) is 4.79 Å². The summed E-state index contributed by atoms with van der Waals surface area (Å²) in [5.74, 6) is -0.0256. The van der Waals surface area contributed by atoms with E-state index in [4.69, 9.17) is 0 Å². The van der Waals surface area contributed by atoms with Crippen LogP contribution in [0.2, 0.25) is 0 Å². The Kier molecular flexibility index (Phi) is 5.01. The fourth-order valence-electron chi connectivity index (χ4n) is 2.68. The molecule has 1 aromatic carbocycles. The Morgan fingerprint density at radius 2 is 2.00 bits per heavy atom. The molecule has 0 saturated heterocycles. The van der Waals surface area contributed by atoms with Gasteiger partial charge in [0.1, 0.15) is 0 Å². The lowest BCUT2D eigenvalue weighted by atomic mass is 9.93. The first kappa shape index (κ1) is 14.9. The van der Waals surface area contributed by atoms with E-state index in [1.54, 1.807) is 0 Å². The van der Waals surface area contributed by atoms with Gasteiger partial charge in [0.2, 0.25) is 0 Å². The molecule has 0 aromatic heterocycles. The number of aryl methyl sites for hydroxylation is 1. The van der Waals surface area contributed by atoms with Gasteiger partial charge in [0.15, 0.2) is 0 Å². The average molecular weight is 276 g/mol. The van der Waals surface area contributed by atoms with Crippen molar-refractivity contribution >= 4 is 11.6 Å². The van der Waals surface area contributed by atoms with Crippen LogP contribution in [0.1, 0.15) is 48.5 Å². The van der Waals surface area contributed by atoms with Gasteiger partial charge in [-0.15, -0.1) is 0 Å². The zero-order valence-corrected chi connectivity index (χ0v) is 12.3. The van der Waals surface area contributed by atoms with Crippen molar-refractivity contribution in [3.8, 4) is 0 Å². The molecule has 0 aliphatic heterocycles. The first-order valence-electron chi connectivity index (χ1n) is 7.43. The Bertz CT molecular complexity index is 466. The molecule has 1 fully saturated rings. The average Bonchev–Trinajstić information content (AvgIpc) is 2.42. The fourth-order valence-corrected chi connectivity index (χ4v) is 2.68. The van der Waals surface area contributed by atoms with Gasteiger partial charge in [-0.25, -0.2) is 0 Å². The summed E-state index contributed by atoms with van der Waals surface area (Å²) in [6.45, 7) is 4.83. The molecule has 1 saturated carbocycles. The highest BCUT2D eigenvalue weighted by Gasteiger charge is 2.22. The Morgan fingerprint density at radius 1 is 1.30 bits per heavy atom. The van der Waals surface area contributed by atoms with E-state index in [2.05, 4.69) is 10.6 Å². The number of aliphatic hydroxyl groups is 1. The topological polar surface area (TPSA) is 61.4 Å². The third-order valence-corrected chi connectivity index (χ3v) is 3.82. The molecule has 0 unspecified atom stereocenters. The summed E-state index contributed by atoms with van der Waals surface area (Å²) < 4.78 is 0. The summed E-state index contributed by atoms with van der Waals surface area (Å²) in [5.41, 5.74) is 2.72. The minimum atomic E-state index is -0.195. The van der Waals surface area contributed by atoms with E-state index in [-0.39, 0.29) is 18.1 Å². The van der Waals surface area contributed by atoms with Crippen LogP contribution in [0.15, 0.2) is 18.2 Å². The highest BCUT2D eigenvalue weighted by atomic mass is 16.3. The molecule has 2 rings (SSSR count). The maximum atomic E-state index is 12.4. The van der Waals surface area contributed by atoms with Gasteiger partial charge in [0, 0.05) is 18.3 Å². The lowest BCUT2D eigenvalue weighted by Crippen LogP contribution is -2.38. The molecule has 0 bridgehead atoms. The van der Waals surface area contributed by atoms with Crippen molar-refractivity contribution in [3.63, 3.8) is 0 Å². The van der Waals surface area contributed by atoms with Crippen LogP contribution in [0.3, 0.4) is 0 Å². The van der Waals surface area contributed by atoms with Crippen molar-refractivity contribution in [2.75, 3.05) is 11.9 Å². The molecule has 4 nitrogen and oxygen atoms in total. The lowest BCUT2D eigenvalue weighted by Gasteiger charge is -2.26. The molecule has 3 N–H and O–H groups in total. The second kappa shape index (κ2) is 6.75. The van der Waals surface area contributed by atoms with Crippen LogP contribution in [0.25, 0.3) is 0 Å². The zero-order valence-electron chi connectivity index (χ0n) is 12.3. The van der Waals surface area contributed by atoms with Gasteiger partial charge in [-0.05, 0) is 57.2 Å². The minimum absolute atomic E-state index is 0.0256. The molecule has 1 aliphatic rings. The predicted molar refractivity (Wildman–Crippen MR) is 81.1 cm³/mol. The molecule has 0 heterocycles. The normalized spacial score (nSPS) is 22.4. The number of aliphatic hydroxyl groups excluding tert-OH is 1. The Hall–Kier alpha value is -1.55. The molecule has 1 aliphatic carbocycles. The fraction of sp³-hybridized carbons (Fsp3) is 0.562. The van der Waals surface area contributed by atoms with E-state index in [0.29, 0.717) is 5.56 Å². The first-order valence-corrected chi connectivity index (χ1v) is 7.43. The van der Waals surface area contributed by atoms with Gasteiger partial charge < -0.3 is 15.7 Å². The van der Waals surface area contributed by atoms with Crippen LogP contribution in [-0.4, -0.2) is 29.7 Å². The maximum absolute atomic E-state index is 12.4. The Morgan fingerprint density at radius 3 is 2.65 bits per heavy atom. The molecule has 0 spiro atoms. The highest BCUT2D eigenvalue weighted by Crippen LogP contribution is 2.21. The van der Waals surface area contributed by atoms with E-state index in [1.165, 1.54) is 0 Å². The monoisotopic (exact) mass is 276 g/mol.